The number of fused-ring (bicyclic) bond motifs is 6. The average Bonchev–Trinajstić information content (AvgIpc) is 3.97. The van der Waals surface area contributed by atoms with Crippen LogP contribution in [0.3, 0.4) is 0 Å². The second kappa shape index (κ2) is 17.4. The lowest BCUT2D eigenvalue weighted by Crippen LogP contribution is -2.04. The van der Waals surface area contributed by atoms with Gasteiger partial charge in [0, 0.05) is 50.0 Å². The van der Waals surface area contributed by atoms with Crippen LogP contribution in [-0.2, 0) is 0 Å². The van der Waals surface area contributed by atoms with Gasteiger partial charge >= 0.3 is 0 Å². The van der Waals surface area contributed by atoms with Gasteiger partial charge in [-0.25, -0.2) is 15.0 Å². The lowest BCUT2D eigenvalue weighted by molar-refractivity contribution is 1.07. The van der Waals surface area contributed by atoms with Crippen molar-refractivity contribution in [2.24, 2.45) is 0 Å². The van der Waals surface area contributed by atoms with Gasteiger partial charge in [-0.1, -0.05) is 146 Å². The molecule has 0 bridgehead atoms. The minimum Gasteiger partial charge on any atom is -0.309 e. The van der Waals surface area contributed by atoms with Gasteiger partial charge in [-0.05, 0) is 101 Å². The highest BCUT2D eigenvalue weighted by molar-refractivity contribution is 6.13. The number of benzene rings is 9. The third-order valence-electron chi connectivity index (χ3n) is 13.5. The Kier molecular flexibility index (Phi) is 10.1. The molecule has 0 saturated heterocycles. The summed E-state index contributed by atoms with van der Waals surface area (Å²) >= 11 is 0. The molecule has 0 aliphatic heterocycles. The van der Waals surface area contributed by atoms with Crippen LogP contribution in [0.15, 0.2) is 231 Å². The van der Waals surface area contributed by atoms with Crippen LogP contribution in [0.25, 0.3) is 123 Å². The molecule has 334 valence electrons. The first-order chi connectivity index (χ1) is 35.6. The zero-order chi connectivity index (χ0) is 48.1. The second-order valence-electron chi connectivity index (χ2n) is 17.6. The van der Waals surface area contributed by atoms with Crippen LogP contribution in [0.2, 0.25) is 0 Å². The summed E-state index contributed by atoms with van der Waals surface area (Å²) in [6, 6.07) is 80.7. The fourth-order valence-corrected chi connectivity index (χ4v) is 10.2. The molecule has 13 aromatic rings. The highest BCUT2D eigenvalue weighted by atomic mass is 15.0. The molecule has 0 amide bonds. The second-order valence-corrected chi connectivity index (χ2v) is 17.6. The largest absolute Gasteiger partial charge is 0.309 e. The van der Waals surface area contributed by atoms with Gasteiger partial charge in [0.15, 0.2) is 17.5 Å². The molecule has 0 radical (unpaired) electrons. The zero-order valence-corrected chi connectivity index (χ0v) is 38.5. The van der Waals surface area contributed by atoms with E-state index in [1.807, 2.05) is 121 Å². The van der Waals surface area contributed by atoms with E-state index < -0.39 is 0 Å². The molecule has 13 rings (SSSR count). The van der Waals surface area contributed by atoms with Gasteiger partial charge in [-0.3, -0.25) is 4.98 Å². The minimum absolute atomic E-state index is 0.526. The van der Waals surface area contributed by atoms with E-state index in [-0.39, 0.29) is 0 Å². The monoisotopic (exact) mass is 918 g/mol. The molecule has 4 aromatic heterocycles. The van der Waals surface area contributed by atoms with Crippen LogP contribution in [-0.4, -0.2) is 29.1 Å². The molecule has 0 saturated carbocycles. The lowest BCUT2D eigenvalue weighted by Gasteiger charge is -2.19. The number of para-hydroxylation sites is 2. The van der Waals surface area contributed by atoms with Crippen molar-refractivity contribution >= 4 is 43.6 Å². The van der Waals surface area contributed by atoms with E-state index in [9.17, 15) is 10.5 Å². The number of hydrogen-bond acceptors (Lipinski definition) is 6. The van der Waals surface area contributed by atoms with Crippen molar-refractivity contribution in [2.45, 2.75) is 0 Å². The number of nitrogens with zero attached hydrogens (tertiary/aromatic N) is 8. The summed E-state index contributed by atoms with van der Waals surface area (Å²) in [5.74, 6) is 1.67. The first-order valence-corrected chi connectivity index (χ1v) is 23.7. The van der Waals surface area contributed by atoms with Gasteiger partial charge in [0.25, 0.3) is 0 Å². The van der Waals surface area contributed by atoms with E-state index in [0.29, 0.717) is 28.6 Å². The number of rotatable bonds is 8. The summed E-state index contributed by atoms with van der Waals surface area (Å²) in [6.45, 7) is 0. The van der Waals surface area contributed by atoms with Crippen molar-refractivity contribution in [1.29, 1.82) is 10.5 Å². The van der Waals surface area contributed by atoms with Crippen LogP contribution in [0.4, 0.5) is 0 Å². The molecule has 4 heterocycles. The van der Waals surface area contributed by atoms with Crippen molar-refractivity contribution in [3.05, 3.63) is 242 Å². The van der Waals surface area contributed by atoms with E-state index >= 15 is 0 Å². The van der Waals surface area contributed by atoms with Gasteiger partial charge in [-0.15, -0.1) is 0 Å². The Balaban J connectivity index is 1.09. The Morgan fingerprint density at radius 3 is 1.31 bits per heavy atom. The van der Waals surface area contributed by atoms with Crippen molar-refractivity contribution in [1.82, 2.24) is 29.1 Å². The minimum atomic E-state index is 0.526. The summed E-state index contributed by atoms with van der Waals surface area (Å²) in [4.78, 5) is 20.7. The highest BCUT2D eigenvalue weighted by Crippen LogP contribution is 2.43. The van der Waals surface area contributed by atoms with Gasteiger partial charge in [-0.2, -0.15) is 10.5 Å². The summed E-state index contributed by atoms with van der Waals surface area (Å²) < 4.78 is 4.63. The molecule has 0 atom stereocenters. The molecule has 0 aliphatic carbocycles. The molecule has 0 aliphatic rings. The maximum absolute atomic E-state index is 10.1. The van der Waals surface area contributed by atoms with E-state index in [4.69, 9.17) is 19.9 Å². The van der Waals surface area contributed by atoms with Crippen LogP contribution in [0.5, 0.6) is 0 Å². The lowest BCUT2D eigenvalue weighted by atomic mass is 9.98. The number of hydrogen-bond donors (Lipinski definition) is 0. The quantitative estimate of drug-likeness (QED) is 0.150. The normalized spacial score (nSPS) is 11.3. The first-order valence-electron chi connectivity index (χ1n) is 23.7. The summed E-state index contributed by atoms with van der Waals surface area (Å²) in [5.41, 5.74) is 15.0. The highest BCUT2D eigenvalue weighted by Gasteiger charge is 2.24. The zero-order valence-electron chi connectivity index (χ0n) is 38.5. The van der Waals surface area contributed by atoms with E-state index in [1.165, 1.54) is 0 Å². The average molecular weight is 919 g/mol. The van der Waals surface area contributed by atoms with Crippen molar-refractivity contribution in [2.75, 3.05) is 0 Å². The van der Waals surface area contributed by atoms with Crippen LogP contribution in [0, 0.1) is 22.7 Å². The van der Waals surface area contributed by atoms with Gasteiger partial charge in [0.2, 0.25) is 0 Å². The van der Waals surface area contributed by atoms with E-state index in [1.54, 1.807) is 0 Å². The smallest absolute Gasteiger partial charge is 0.164 e. The van der Waals surface area contributed by atoms with E-state index in [0.717, 1.165) is 105 Å². The van der Waals surface area contributed by atoms with Crippen molar-refractivity contribution in [3.63, 3.8) is 0 Å². The SMILES string of the molecule is N#Cc1ccccc1-c1ccc2c(c1)c1ccccc1n2-c1ccc(-c2nc(-c3ccccc3)nc(-c3ccccc3)n2)cc1-c1ncccc1-n1c2ccccc2c2cc(-c3ccccc3C#N)ccc21. The standard InChI is InChI=1S/C64H38N8/c65-39-46-20-7-9-22-48(46)43-29-32-57-52(36-43)50-24-11-13-26-55(50)71(57)59-34-31-45(64-69-62(41-16-3-1-4-17-41)68-63(70-64)42-18-5-2-6-19-42)38-54(59)61-60(28-15-35-67-61)72-56-27-14-12-25-51(56)53-37-44(30-33-58(53)72)49-23-10-8-21-47(49)40-66/h1-38H. The molecule has 72 heavy (non-hydrogen) atoms. The molecule has 9 aromatic carbocycles. The van der Waals surface area contributed by atoms with Gasteiger partial charge in [0.05, 0.1) is 62.4 Å². The number of nitriles is 2. The fraction of sp³-hybridized carbons (Fsp3) is 0. The molecule has 8 nitrogen and oxygen atoms in total. The number of aromatic nitrogens is 6. The topological polar surface area (TPSA) is 109 Å². The van der Waals surface area contributed by atoms with Crippen LogP contribution < -0.4 is 0 Å². The Hall–Kier alpha value is -10.3. The molecule has 0 fully saturated rings. The molecular formula is C64H38N8. The summed E-state index contributed by atoms with van der Waals surface area (Å²) in [7, 11) is 0. The molecule has 0 spiro atoms. The summed E-state index contributed by atoms with van der Waals surface area (Å²) in [5, 5.41) is 24.5. The predicted octanol–water partition coefficient (Wildman–Crippen LogP) is 15.2. The summed E-state index contributed by atoms with van der Waals surface area (Å²) in [6.07, 6.45) is 1.86. The molecular weight excluding hydrogens is 881 g/mol. The maximum Gasteiger partial charge on any atom is 0.164 e. The Bertz CT molecular complexity index is 4310. The third-order valence-corrected chi connectivity index (χ3v) is 13.5. The van der Waals surface area contributed by atoms with Crippen molar-refractivity contribution in [3.8, 4) is 91.2 Å². The molecule has 0 unspecified atom stereocenters. The van der Waals surface area contributed by atoms with Gasteiger partial charge < -0.3 is 9.13 Å². The third kappa shape index (κ3) is 6.98. The maximum atomic E-state index is 10.1. The van der Waals surface area contributed by atoms with E-state index in [2.05, 4.69) is 130 Å². The number of pyridine rings is 1. The predicted molar refractivity (Wildman–Crippen MR) is 288 cm³/mol. The molecule has 8 heteroatoms. The Morgan fingerprint density at radius 2 is 0.764 bits per heavy atom. The first kappa shape index (κ1) is 41.9. The van der Waals surface area contributed by atoms with Crippen molar-refractivity contribution < 1.29 is 0 Å². The van der Waals surface area contributed by atoms with Gasteiger partial charge in [0.1, 0.15) is 0 Å². The van der Waals surface area contributed by atoms with Crippen LogP contribution >= 0.6 is 0 Å². The molecule has 0 N–H and O–H groups in total. The Morgan fingerprint density at radius 1 is 0.319 bits per heavy atom. The fourth-order valence-electron chi connectivity index (χ4n) is 10.2. The Labute approximate surface area is 414 Å². The van der Waals surface area contributed by atoms with Crippen LogP contribution in [0.1, 0.15) is 11.1 Å².